The first kappa shape index (κ1) is 25.3. The molecule has 178 valence electrons. The molecule has 2 aromatic carbocycles. The molecule has 6 heteroatoms. The number of rotatable bonds is 5. The minimum absolute atomic E-state index is 0.0168. The van der Waals surface area contributed by atoms with Crippen LogP contribution in [0.25, 0.3) is 22.1 Å². The van der Waals surface area contributed by atoms with Crippen LogP contribution in [0.5, 0.6) is 11.5 Å². The Bertz CT molecular complexity index is 1200. The molecule has 0 aliphatic heterocycles. The molecule has 0 spiro atoms. The van der Waals surface area contributed by atoms with Crippen LogP contribution in [-0.2, 0) is 0 Å². The van der Waals surface area contributed by atoms with Crippen molar-refractivity contribution in [1.82, 2.24) is 0 Å². The van der Waals surface area contributed by atoms with Crippen LogP contribution >= 0.6 is 0 Å². The van der Waals surface area contributed by atoms with Crippen LogP contribution in [0, 0.1) is 0 Å². The van der Waals surface area contributed by atoms with Gasteiger partial charge in [0.25, 0.3) is 16.6 Å². The first-order valence-electron chi connectivity index (χ1n) is 11.6. The van der Waals surface area contributed by atoms with E-state index in [2.05, 4.69) is 67.7 Å². The molecule has 0 aliphatic rings. The van der Waals surface area contributed by atoms with Crippen LogP contribution < -0.4 is 14.5 Å². The standard InChI is InChI=1S/C27H38O4Si2/c1-26(2,3)32(7,8)30-22-17-16-20-21(19-14-12-11-13-15-19)18-23(28)29-24(20)25(22)31-33(9,10)27(4,5)6/h11-18H,1-10H3. The van der Waals surface area contributed by atoms with E-state index in [9.17, 15) is 4.79 Å². The van der Waals surface area contributed by atoms with E-state index in [0.29, 0.717) is 17.1 Å². The third kappa shape index (κ3) is 5.12. The van der Waals surface area contributed by atoms with Gasteiger partial charge >= 0.3 is 5.63 Å². The molecule has 0 radical (unpaired) electrons. The van der Waals surface area contributed by atoms with Gasteiger partial charge in [0, 0.05) is 11.5 Å². The summed E-state index contributed by atoms with van der Waals surface area (Å²) in [5, 5.41) is 0.834. The van der Waals surface area contributed by atoms with Crippen LogP contribution in [0.1, 0.15) is 41.5 Å². The summed E-state index contributed by atoms with van der Waals surface area (Å²) in [5.74, 6) is 1.21. The zero-order valence-electron chi connectivity index (χ0n) is 21.8. The van der Waals surface area contributed by atoms with E-state index in [0.717, 1.165) is 16.5 Å². The molecule has 0 aliphatic carbocycles. The number of hydrogen-bond donors (Lipinski definition) is 0. The van der Waals surface area contributed by atoms with Crippen LogP contribution in [0.3, 0.4) is 0 Å². The molecule has 0 fully saturated rings. The lowest BCUT2D eigenvalue weighted by molar-refractivity contribution is 0.433. The van der Waals surface area contributed by atoms with Crippen molar-refractivity contribution in [1.29, 1.82) is 0 Å². The Morgan fingerprint density at radius 1 is 0.758 bits per heavy atom. The second kappa shape index (κ2) is 8.47. The van der Waals surface area contributed by atoms with Gasteiger partial charge in [-0.15, -0.1) is 0 Å². The maximum atomic E-state index is 12.7. The Hall–Kier alpha value is -2.32. The molecular formula is C27H38O4Si2. The quantitative estimate of drug-likeness (QED) is 0.271. The van der Waals surface area contributed by atoms with Crippen molar-refractivity contribution < 1.29 is 13.3 Å². The maximum absolute atomic E-state index is 12.7. The largest absolute Gasteiger partial charge is 0.541 e. The molecule has 1 aromatic heterocycles. The van der Waals surface area contributed by atoms with Gasteiger partial charge in [0.2, 0.25) is 0 Å². The van der Waals surface area contributed by atoms with E-state index in [4.69, 9.17) is 13.3 Å². The van der Waals surface area contributed by atoms with Crippen molar-refractivity contribution in [3.05, 3.63) is 59.0 Å². The molecule has 0 saturated carbocycles. The van der Waals surface area contributed by atoms with Gasteiger partial charge in [-0.1, -0.05) is 71.9 Å². The molecule has 0 amide bonds. The zero-order valence-corrected chi connectivity index (χ0v) is 23.8. The third-order valence-corrected chi connectivity index (χ3v) is 15.9. The van der Waals surface area contributed by atoms with Crippen molar-refractivity contribution in [3.63, 3.8) is 0 Å². The molecule has 0 saturated heterocycles. The number of benzene rings is 2. The summed E-state index contributed by atoms with van der Waals surface area (Å²) in [5.41, 5.74) is 1.86. The fourth-order valence-corrected chi connectivity index (χ4v) is 5.08. The van der Waals surface area contributed by atoms with E-state index in [1.165, 1.54) is 0 Å². The summed E-state index contributed by atoms with van der Waals surface area (Å²) >= 11 is 0. The number of hydrogen-bond acceptors (Lipinski definition) is 4. The molecular weight excluding hydrogens is 444 g/mol. The fourth-order valence-electron chi connectivity index (χ4n) is 3.05. The van der Waals surface area contributed by atoms with Gasteiger partial charge in [0.1, 0.15) is 5.75 Å². The molecule has 3 rings (SSSR count). The van der Waals surface area contributed by atoms with Gasteiger partial charge in [-0.3, -0.25) is 0 Å². The maximum Gasteiger partial charge on any atom is 0.336 e. The van der Waals surface area contributed by atoms with Gasteiger partial charge in [-0.05, 0) is 59.5 Å². The Morgan fingerprint density at radius 2 is 1.30 bits per heavy atom. The van der Waals surface area contributed by atoms with Crippen LogP contribution in [0.15, 0.2) is 57.7 Å². The Morgan fingerprint density at radius 3 is 1.85 bits per heavy atom. The molecule has 3 aromatic rings. The van der Waals surface area contributed by atoms with Crippen molar-refractivity contribution in [3.8, 4) is 22.6 Å². The molecule has 1 heterocycles. The highest BCUT2D eigenvalue weighted by Crippen LogP contribution is 2.47. The predicted molar refractivity (Wildman–Crippen MR) is 144 cm³/mol. The zero-order chi connectivity index (χ0) is 24.8. The minimum atomic E-state index is -2.26. The van der Waals surface area contributed by atoms with Crippen molar-refractivity contribution in [2.75, 3.05) is 0 Å². The summed E-state index contributed by atoms with van der Waals surface area (Å²) in [6.07, 6.45) is 0. The summed E-state index contributed by atoms with van der Waals surface area (Å²) in [7, 11) is -4.42. The lowest BCUT2D eigenvalue weighted by Crippen LogP contribution is -2.45. The van der Waals surface area contributed by atoms with E-state index in [1.54, 1.807) is 6.07 Å². The van der Waals surface area contributed by atoms with Crippen molar-refractivity contribution in [2.24, 2.45) is 0 Å². The van der Waals surface area contributed by atoms with Crippen molar-refractivity contribution in [2.45, 2.75) is 77.8 Å². The Kier molecular flexibility index (Phi) is 6.50. The molecule has 0 bridgehead atoms. The normalized spacial score (nSPS) is 13.3. The van der Waals surface area contributed by atoms with E-state index in [1.807, 2.05) is 42.5 Å². The SMILES string of the molecule is CC(C)(C)[Si](C)(C)Oc1ccc2c(-c3ccccc3)cc(=O)oc2c1O[Si](C)(C)C(C)(C)C. The monoisotopic (exact) mass is 482 g/mol. The second-order valence-electron chi connectivity index (χ2n) is 11.8. The number of fused-ring (bicyclic) bond motifs is 1. The van der Waals surface area contributed by atoms with Crippen molar-refractivity contribution >= 4 is 27.6 Å². The van der Waals surface area contributed by atoms with E-state index >= 15 is 0 Å². The summed E-state index contributed by atoms with van der Waals surface area (Å²) in [6.45, 7) is 22.0. The molecule has 0 N–H and O–H groups in total. The lowest BCUT2D eigenvalue weighted by Gasteiger charge is -2.39. The smallest absolute Gasteiger partial charge is 0.336 e. The van der Waals surface area contributed by atoms with Gasteiger partial charge in [-0.2, -0.15) is 0 Å². The van der Waals surface area contributed by atoms with Gasteiger partial charge in [0.15, 0.2) is 11.3 Å². The Labute approximate surface area is 200 Å². The highest BCUT2D eigenvalue weighted by atomic mass is 28.4. The van der Waals surface area contributed by atoms with Crippen LogP contribution in [0.4, 0.5) is 0 Å². The Balaban J connectivity index is 2.33. The summed E-state index contributed by atoms with van der Waals surface area (Å²) in [6, 6.07) is 15.4. The van der Waals surface area contributed by atoms with E-state index < -0.39 is 22.3 Å². The lowest BCUT2D eigenvalue weighted by atomic mass is 10.0. The first-order chi connectivity index (χ1) is 15.0. The second-order valence-corrected chi connectivity index (χ2v) is 21.3. The topological polar surface area (TPSA) is 48.7 Å². The summed E-state index contributed by atoms with van der Waals surface area (Å²) in [4.78, 5) is 12.7. The average molecular weight is 483 g/mol. The summed E-state index contributed by atoms with van der Waals surface area (Å²) < 4.78 is 19.4. The van der Waals surface area contributed by atoms with Crippen LogP contribution in [0.2, 0.25) is 36.3 Å². The average Bonchev–Trinajstić information content (AvgIpc) is 2.68. The van der Waals surface area contributed by atoms with E-state index in [-0.39, 0.29) is 10.1 Å². The predicted octanol–water partition coefficient (Wildman–Crippen LogP) is 8.23. The molecule has 0 atom stereocenters. The first-order valence-corrected chi connectivity index (χ1v) is 17.4. The van der Waals surface area contributed by atoms with Crippen LogP contribution in [-0.4, -0.2) is 16.6 Å². The van der Waals surface area contributed by atoms with Gasteiger partial charge in [0.05, 0.1) is 0 Å². The fraction of sp³-hybridized carbons (Fsp3) is 0.444. The third-order valence-electron chi connectivity index (χ3n) is 7.25. The minimum Gasteiger partial charge on any atom is -0.541 e. The highest BCUT2D eigenvalue weighted by molar-refractivity contribution is 6.75. The van der Waals surface area contributed by atoms with Gasteiger partial charge in [-0.25, -0.2) is 4.79 Å². The molecule has 4 nitrogen and oxygen atoms in total. The van der Waals surface area contributed by atoms with Gasteiger partial charge < -0.3 is 13.3 Å². The highest BCUT2D eigenvalue weighted by Gasteiger charge is 2.43. The molecule has 33 heavy (non-hydrogen) atoms. The molecule has 0 unspecified atom stereocenters.